The highest BCUT2D eigenvalue weighted by Gasteiger charge is 2.00. The molecule has 0 amide bonds. The molecule has 0 N–H and O–H groups in total. The normalized spacial score (nSPS) is 9.83. The van der Waals surface area contributed by atoms with Gasteiger partial charge in [0.1, 0.15) is 5.82 Å². The summed E-state index contributed by atoms with van der Waals surface area (Å²) in [4.78, 5) is 10.1. The molecule has 1 rings (SSSR count). The molecule has 0 atom stereocenters. The van der Waals surface area contributed by atoms with Crippen molar-refractivity contribution < 1.29 is 14.3 Å². The van der Waals surface area contributed by atoms with E-state index in [0.29, 0.717) is 10.0 Å². The molecule has 0 aliphatic heterocycles. The second kappa shape index (κ2) is 3.67. The number of carbonyl (C=O) groups excluding carboxylic acids is 1. The highest BCUT2D eigenvalue weighted by atomic mass is 79.9. The van der Waals surface area contributed by atoms with Crippen LogP contribution in [0.15, 0.2) is 22.7 Å². The molecular formula is C8H5BrFO2-. The first kappa shape index (κ1) is 9.19. The van der Waals surface area contributed by atoms with Gasteiger partial charge in [0.25, 0.3) is 0 Å². The van der Waals surface area contributed by atoms with E-state index in [0.717, 1.165) is 0 Å². The molecule has 0 unspecified atom stereocenters. The highest BCUT2D eigenvalue weighted by Crippen LogP contribution is 2.16. The molecule has 0 heterocycles. The quantitative estimate of drug-likeness (QED) is 0.759. The third-order valence-electron chi connectivity index (χ3n) is 1.33. The molecule has 0 aliphatic carbocycles. The van der Waals surface area contributed by atoms with Gasteiger partial charge in [0.05, 0.1) is 4.47 Å². The highest BCUT2D eigenvalue weighted by molar-refractivity contribution is 9.10. The fourth-order valence-corrected chi connectivity index (χ4v) is 1.06. The number of hydrogen-bond donors (Lipinski definition) is 0. The standard InChI is InChI=1S/C8H6BrFO2/c9-6-2-1-5(3-7(6)10)4-8(11)12/h1-3H,4H2,(H,11,12)/p-1. The molecule has 2 nitrogen and oxygen atoms in total. The van der Waals surface area contributed by atoms with E-state index in [-0.39, 0.29) is 6.42 Å². The fraction of sp³-hybridized carbons (Fsp3) is 0.125. The SMILES string of the molecule is O=C([O-])Cc1ccc(Br)c(F)c1. The minimum absolute atomic E-state index is 0.260. The second-order valence-electron chi connectivity index (χ2n) is 2.30. The first-order valence-corrected chi connectivity index (χ1v) is 4.02. The second-order valence-corrected chi connectivity index (χ2v) is 3.15. The van der Waals surface area contributed by atoms with E-state index in [9.17, 15) is 14.3 Å². The van der Waals surface area contributed by atoms with E-state index in [1.807, 2.05) is 0 Å². The van der Waals surface area contributed by atoms with Crippen LogP contribution in [0.4, 0.5) is 4.39 Å². The molecule has 0 aliphatic rings. The Morgan fingerprint density at radius 1 is 1.58 bits per heavy atom. The first-order valence-electron chi connectivity index (χ1n) is 3.23. The molecular weight excluding hydrogens is 227 g/mol. The summed E-state index contributed by atoms with van der Waals surface area (Å²) >= 11 is 2.96. The molecule has 0 saturated heterocycles. The number of aliphatic carboxylic acids is 1. The van der Waals surface area contributed by atoms with Gasteiger partial charge in [-0.3, -0.25) is 0 Å². The summed E-state index contributed by atoms with van der Waals surface area (Å²) in [5, 5.41) is 10.1. The van der Waals surface area contributed by atoms with Crippen LogP contribution in [-0.4, -0.2) is 5.97 Å². The summed E-state index contributed by atoms with van der Waals surface area (Å²) in [5.41, 5.74) is 0.399. The Morgan fingerprint density at radius 3 is 2.75 bits per heavy atom. The molecule has 1 aromatic carbocycles. The lowest BCUT2D eigenvalue weighted by molar-refractivity contribution is -0.304. The molecule has 12 heavy (non-hydrogen) atoms. The van der Waals surface area contributed by atoms with Crippen molar-refractivity contribution in [3.8, 4) is 0 Å². The number of rotatable bonds is 2. The minimum atomic E-state index is -1.21. The van der Waals surface area contributed by atoms with Gasteiger partial charge in [-0.05, 0) is 33.6 Å². The zero-order chi connectivity index (χ0) is 9.14. The maximum absolute atomic E-state index is 12.8. The van der Waals surface area contributed by atoms with Crippen molar-refractivity contribution in [3.05, 3.63) is 34.1 Å². The van der Waals surface area contributed by atoms with Gasteiger partial charge >= 0.3 is 0 Å². The van der Waals surface area contributed by atoms with E-state index < -0.39 is 11.8 Å². The van der Waals surface area contributed by atoms with Gasteiger partial charge < -0.3 is 9.90 Å². The summed E-state index contributed by atoms with van der Waals surface area (Å²) in [6.07, 6.45) is -0.260. The van der Waals surface area contributed by atoms with Crippen LogP contribution >= 0.6 is 15.9 Å². The Bertz CT molecular complexity index is 312. The zero-order valence-electron chi connectivity index (χ0n) is 6.01. The van der Waals surface area contributed by atoms with Gasteiger partial charge in [-0.15, -0.1) is 0 Å². The Kier molecular flexibility index (Phi) is 2.81. The van der Waals surface area contributed by atoms with Gasteiger partial charge in [0.15, 0.2) is 0 Å². The van der Waals surface area contributed by atoms with E-state index in [2.05, 4.69) is 15.9 Å². The molecule has 4 heteroatoms. The molecule has 0 spiro atoms. The predicted octanol–water partition coefficient (Wildman–Crippen LogP) is 0.881. The van der Waals surface area contributed by atoms with E-state index >= 15 is 0 Å². The molecule has 0 saturated carbocycles. The molecule has 0 radical (unpaired) electrons. The Morgan fingerprint density at radius 2 is 2.25 bits per heavy atom. The molecule has 0 bridgehead atoms. The molecule has 0 aromatic heterocycles. The summed E-state index contributed by atoms with van der Waals surface area (Å²) in [5.74, 6) is -1.68. The van der Waals surface area contributed by atoms with Crippen LogP contribution in [0.25, 0.3) is 0 Å². The largest absolute Gasteiger partial charge is 0.550 e. The van der Waals surface area contributed by atoms with Crippen LogP contribution in [0, 0.1) is 5.82 Å². The van der Waals surface area contributed by atoms with Crippen LogP contribution in [0.3, 0.4) is 0 Å². The average Bonchev–Trinajstić information content (AvgIpc) is 1.96. The molecule has 0 fully saturated rings. The van der Waals surface area contributed by atoms with Gasteiger partial charge in [0.2, 0.25) is 0 Å². The Balaban J connectivity index is 2.89. The number of carbonyl (C=O) groups is 1. The first-order chi connectivity index (χ1) is 5.59. The Hall–Kier alpha value is -0.900. The van der Waals surface area contributed by atoms with Crippen LogP contribution < -0.4 is 5.11 Å². The maximum Gasteiger partial charge on any atom is 0.137 e. The van der Waals surface area contributed by atoms with Crippen molar-refractivity contribution in [2.75, 3.05) is 0 Å². The van der Waals surface area contributed by atoms with Crippen molar-refractivity contribution in [1.82, 2.24) is 0 Å². The predicted molar refractivity (Wildman–Crippen MR) is 42.8 cm³/mol. The van der Waals surface area contributed by atoms with Crippen molar-refractivity contribution in [2.45, 2.75) is 6.42 Å². The number of benzene rings is 1. The van der Waals surface area contributed by atoms with Crippen molar-refractivity contribution in [2.24, 2.45) is 0 Å². The zero-order valence-corrected chi connectivity index (χ0v) is 7.60. The number of carboxylic acid groups (broad SMARTS) is 1. The third kappa shape index (κ3) is 2.30. The topological polar surface area (TPSA) is 40.1 Å². The lowest BCUT2D eigenvalue weighted by atomic mass is 10.1. The van der Waals surface area contributed by atoms with Gasteiger partial charge in [-0.2, -0.15) is 0 Å². The fourth-order valence-electron chi connectivity index (χ4n) is 0.816. The summed E-state index contributed by atoms with van der Waals surface area (Å²) in [6, 6.07) is 4.16. The number of halogens is 2. The lowest BCUT2D eigenvalue weighted by Crippen LogP contribution is -2.24. The van der Waals surface area contributed by atoms with Gasteiger partial charge in [0, 0.05) is 12.4 Å². The summed E-state index contributed by atoms with van der Waals surface area (Å²) in [7, 11) is 0. The van der Waals surface area contributed by atoms with Crippen molar-refractivity contribution >= 4 is 21.9 Å². The average molecular weight is 232 g/mol. The van der Waals surface area contributed by atoms with Crippen LogP contribution in [0.1, 0.15) is 5.56 Å². The smallest absolute Gasteiger partial charge is 0.137 e. The molecule has 64 valence electrons. The van der Waals surface area contributed by atoms with Gasteiger partial charge in [-0.25, -0.2) is 4.39 Å². The Labute approximate surface area is 77.2 Å². The van der Waals surface area contributed by atoms with Crippen molar-refractivity contribution in [1.29, 1.82) is 0 Å². The molecule has 1 aromatic rings. The van der Waals surface area contributed by atoms with Gasteiger partial charge in [-0.1, -0.05) is 6.07 Å². The monoisotopic (exact) mass is 231 g/mol. The van der Waals surface area contributed by atoms with E-state index in [1.165, 1.54) is 18.2 Å². The maximum atomic E-state index is 12.8. The van der Waals surface area contributed by atoms with Crippen LogP contribution in [0.2, 0.25) is 0 Å². The minimum Gasteiger partial charge on any atom is -0.550 e. The number of hydrogen-bond acceptors (Lipinski definition) is 2. The van der Waals surface area contributed by atoms with Crippen molar-refractivity contribution in [3.63, 3.8) is 0 Å². The number of carboxylic acids is 1. The third-order valence-corrected chi connectivity index (χ3v) is 1.98. The summed E-state index contributed by atoms with van der Waals surface area (Å²) < 4.78 is 13.1. The van der Waals surface area contributed by atoms with Crippen LogP contribution in [-0.2, 0) is 11.2 Å². The van der Waals surface area contributed by atoms with E-state index in [4.69, 9.17) is 0 Å². The summed E-state index contributed by atoms with van der Waals surface area (Å²) in [6.45, 7) is 0. The lowest BCUT2D eigenvalue weighted by Gasteiger charge is -2.02. The van der Waals surface area contributed by atoms with E-state index in [1.54, 1.807) is 0 Å². The van der Waals surface area contributed by atoms with Crippen LogP contribution in [0.5, 0.6) is 0 Å².